The summed E-state index contributed by atoms with van der Waals surface area (Å²) in [6, 6.07) is 20.0. The van der Waals surface area contributed by atoms with Gasteiger partial charge in [-0.1, -0.05) is 53.9 Å². The Balaban J connectivity index is 1.46. The van der Waals surface area contributed by atoms with Gasteiger partial charge >= 0.3 is 0 Å². The van der Waals surface area contributed by atoms with Gasteiger partial charge in [0.05, 0.1) is 12.3 Å². The molecule has 168 valence electrons. The van der Waals surface area contributed by atoms with E-state index in [0.717, 1.165) is 11.1 Å². The maximum Gasteiger partial charge on any atom is 0.288 e. The molecule has 0 radical (unpaired) electrons. The van der Waals surface area contributed by atoms with Gasteiger partial charge in [-0.3, -0.25) is 14.3 Å². The van der Waals surface area contributed by atoms with Crippen LogP contribution in [0.1, 0.15) is 5.56 Å². The minimum atomic E-state index is -2.48. The van der Waals surface area contributed by atoms with E-state index in [9.17, 15) is 13.6 Å². The number of halogens is 2. The molecule has 4 aromatic rings. The third-order valence-corrected chi connectivity index (χ3v) is 6.20. The molecular weight excluding hydrogens is 464 g/mol. The highest BCUT2D eigenvalue weighted by Gasteiger charge is 2.16. The van der Waals surface area contributed by atoms with Crippen LogP contribution >= 0.6 is 23.5 Å². The molecule has 2 heterocycles. The van der Waals surface area contributed by atoms with E-state index < -0.39 is 5.76 Å². The van der Waals surface area contributed by atoms with E-state index in [2.05, 4.69) is 20.5 Å². The molecule has 0 aliphatic carbocycles. The van der Waals surface area contributed by atoms with Crippen molar-refractivity contribution in [3.05, 3.63) is 84.7 Å². The van der Waals surface area contributed by atoms with Gasteiger partial charge in [0.25, 0.3) is 5.76 Å². The number of rotatable bonds is 9. The lowest BCUT2D eigenvalue weighted by atomic mass is 10.2. The summed E-state index contributed by atoms with van der Waals surface area (Å²) in [6.45, 7) is 0.547. The fourth-order valence-electron chi connectivity index (χ4n) is 3.06. The Bertz CT molecular complexity index is 1190. The number of hydrogen-bond donors (Lipinski definition) is 1. The number of benzene rings is 2. The SMILES string of the molecule is O=C(CSc1nnc(-c2cccnc2)n1Cc1ccccc1)Nc1ccc(SC(F)F)cc1. The van der Waals surface area contributed by atoms with Gasteiger partial charge in [-0.25, -0.2) is 0 Å². The number of pyridine rings is 1. The van der Waals surface area contributed by atoms with Gasteiger partial charge in [-0.05, 0) is 42.0 Å². The molecule has 0 bridgehead atoms. The van der Waals surface area contributed by atoms with Crippen molar-refractivity contribution in [2.75, 3.05) is 11.1 Å². The van der Waals surface area contributed by atoms with Crippen molar-refractivity contribution < 1.29 is 13.6 Å². The Morgan fingerprint density at radius 1 is 1.00 bits per heavy atom. The van der Waals surface area contributed by atoms with Crippen LogP contribution in [0, 0.1) is 0 Å². The van der Waals surface area contributed by atoms with Crippen LogP contribution < -0.4 is 5.32 Å². The van der Waals surface area contributed by atoms with E-state index in [1.54, 1.807) is 36.7 Å². The molecule has 2 aromatic carbocycles. The molecule has 4 rings (SSSR count). The maximum atomic E-state index is 12.5. The van der Waals surface area contributed by atoms with E-state index in [1.807, 2.05) is 47.0 Å². The van der Waals surface area contributed by atoms with E-state index in [-0.39, 0.29) is 11.7 Å². The number of hydrogen-bond acceptors (Lipinski definition) is 6. The molecular formula is C23H19F2N5OS2. The highest BCUT2D eigenvalue weighted by molar-refractivity contribution is 8.00. The first-order chi connectivity index (χ1) is 16.1. The van der Waals surface area contributed by atoms with Gasteiger partial charge in [0.15, 0.2) is 11.0 Å². The summed E-state index contributed by atoms with van der Waals surface area (Å²) < 4.78 is 26.9. The topological polar surface area (TPSA) is 72.7 Å². The smallest absolute Gasteiger partial charge is 0.288 e. The lowest BCUT2D eigenvalue weighted by Crippen LogP contribution is -2.14. The van der Waals surface area contributed by atoms with Crippen LogP contribution in [0.5, 0.6) is 0 Å². The van der Waals surface area contributed by atoms with Gasteiger partial charge in [-0.15, -0.1) is 10.2 Å². The van der Waals surface area contributed by atoms with E-state index in [4.69, 9.17) is 0 Å². The number of thioether (sulfide) groups is 2. The van der Waals surface area contributed by atoms with Crippen molar-refractivity contribution in [3.63, 3.8) is 0 Å². The molecule has 0 fully saturated rings. The first-order valence-electron chi connectivity index (χ1n) is 9.93. The molecule has 6 nitrogen and oxygen atoms in total. The predicted molar refractivity (Wildman–Crippen MR) is 126 cm³/mol. The molecule has 0 atom stereocenters. The quantitative estimate of drug-likeness (QED) is 0.320. The molecule has 0 saturated carbocycles. The summed E-state index contributed by atoms with van der Waals surface area (Å²) in [7, 11) is 0. The van der Waals surface area contributed by atoms with Crippen LogP contribution in [0.25, 0.3) is 11.4 Å². The zero-order chi connectivity index (χ0) is 23.0. The second-order valence-corrected chi connectivity index (χ2v) is 8.87. The van der Waals surface area contributed by atoms with Gasteiger partial charge in [-0.2, -0.15) is 8.78 Å². The summed E-state index contributed by atoms with van der Waals surface area (Å²) in [5, 5.41) is 12.0. The zero-order valence-corrected chi connectivity index (χ0v) is 18.9. The number of anilines is 1. The zero-order valence-electron chi connectivity index (χ0n) is 17.3. The number of carbonyl (C=O) groups is 1. The van der Waals surface area contributed by atoms with E-state index in [1.165, 1.54) is 11.8 Å². The summed E-state index contributed by atoms with van der Waals surface area (Å²) in [5.74, 6) is -1.92. The molecule has 0 aliphatic heterocycles. The summed E-state index contributed by atoms with van der Waals surface area (Å²) in [4.78, 5) is 17.1. The molecule has 0 unspecified atom stereocenters. The normalized spacial score (nSPS) is 11.0. The van der Waals surface area contributed by atoms with Crippen LogP contribution in [-0.4, -0.2) is 37.2 Å². The predicted octanol–water partition coefficient (Wildman–Crippen LogP) is 5.43. The fraction of sp³-hybridized carbons (Fsp3) is 0.130. The van der Waals surface area contributed by atoms with Crippen molar-refractivity contribution in [2.45, 2.75) is 22.4 Å². The molecule has 2 aromatic heterocycles. The van der Waals surface area contributed by atoms with Crippen molar-refractivity contribution in [1.82, 2.24) is 19.7 Å². The van der Waals surface area contributed by atoms with Crippen LogP contribution in [-0.2, 0) is 11.3 Å². The highest BCUT2D eigenvalue weighted by Crippen LogP contribution is 2.27. The fourth-order valence-corrected chi connectivity index (χ4v) is 4.30. The Hall–Kier alpha value is -3.24. The average molecular weight is 484 g/mol. The lowest BCUT2D eigenvalue weighted by molar-refractivity contribution is -0.113. The maximum absolute atomic E-state index is 12.5. The first kappa shape index (κ1) is 22.9. The second kappa shape index (κ2) is 11.1. The van der Waals surface area contributed by atoms with Gasteiger partial charge < -0.3 is 5.32 Å². The van der Waals surface area contributed by atoms with Crippen LogP contribution in [0.2, 0.25) is 0 Å². The van der Waals surface area contributed by atoms with Crippen molar-refractivity contribution in [3.8, 4) is 11.4 Å². The minimum absolute atomic E-state index is 0.119. The molecule has 10 heteroatoms. The molecule has 1 N–H and O–H groups in total. The Morgan fingerprint density at radius 3 is 2.48 bits per heavy atom. The Kier molecular flexibility index (Phi) is 7.69. The Labute approximate surface area is 197 Å². The number of carbonyl (C=O) groups excluding carboxylic acids is 1. The third kappa shape index (κ3) is 6.39. The largest absolute Gasteiger partial charge is 0.325 e. The van der Waals surface area contributed by atoms with Gasteiger partial charge in [0.2, 0.25) is 5.91 Å². The van der Waals surface area contributed by atoms with Crippen LogP contribution in [0.4, 0.5) is 14.5 Å². The number of alkyl halides is 2. The van der Waals surface area contributed by atoms with Crippen molar-refractivity contribution in [1.29, 1.82) is 0 Å². The molecule has 33 heavy (non-hydrogen) atoms. The second-order valence-electron chi connectivity index (χ2n) is 6.86. The van der Waals surface area contributed by atoms with Crippen molar-refractivity contribution in [2.24, 2.45) is 0 Å². The summed E-state index contributed by atoms with van der Waals surface area (Å²) in [6.07, 6.45) is 3.42. The summed E-state index contributed by atoms with van der Waals surface area (Å²) >= 11 is 1.74. The monoisotopic (exact) mass is 483 g/mol. The first-order valence-corrected chi connectivity index (χ1v) is 11.8. The standard InChI is InChI=1S/C23H19F2N5OS2/c24-22(25)33-19-10-8-18(9-11-19)27-20(31)15-32-23-29-28-21(17-7-4-12-26-13-17)30(23)14-16-5-2-1-3-6-16/h1-13,22H,14-15H2,(H,27,31). The molecule has 0 saturated heterocycles. The molecule has 1 amide bonds. The van der Waals surface area contributed by atoms with Gasteiger partial charge in [0, 0.05) is 28.5 Å². The number of amides is 1. The average Bonchev–Trinajstić information content (AvgIpc) is 3.22. The van der Waals surface area contributed by atoms with Crippen LogP contribution in [0.3, 0.4) is 0 Å². The number of aromatic nitrogens is 4. The van der Waals surface area contributed by atoms with Crippen molar-refractivity contribution >= 4 is 35.1 Å². The number of nitrogens with zero attached hydrogens (tertiary/aromatic N) is 4. The highest BCUT2D eigenvalue weighted by atomic mass is 32.2. The lowest BCUT2D eigenvalue weighted by Gasteiger charge is -2.11. The van der Waals surface area contributed by atoms with E-state index in [0.29, 0.717) is 39.9 Å². The Morgan fingerprint density at radius 2 is 1.79 bits per heavy atom. The van der Waals surface area contributed by atoms with Crippen LogP contribution in [0.15, 0.2) is 89.2 Å². The third-order valence-electron chi connectivity index (χ3n) is 4.52. The summed E-state index contributed by atoms with van der Waals surface area (Å²) in [5.41, 5.74) is 2.45. The minimum Gasteiger partial charge on any atom is -0.325 e. The van der Waals surface area contributed by atoms with E-state index >= 15 is 0 Å². The molecule has 0 spiro atoms. The molecule has 0 aliphatic rings. The van der Waals surface area contributed by atoms with Gasteiger partial charge in [0.1, 0.15) is 0 Å². The number of nitrogens with one attached hydrogen (secondary N) is 1.